The Balaban J connectivity index is 3.46. The molecule has 0 N–H and O–H groups in total. The fourth-order valence-corrected chi connectivity index (χ4v) is 8.00. The lowest BCUT2D eigenvalue weighted by Crippen LogP contribution is -2.51. The monoisotopic (exact) mass is 707 g/mol. The summed E-state index contributed by atoms with van der Waals surface area (Å²) in [6, 6.07) is 0. The van der Waals surface area contributed by atoms with Crippen molar-refractivity contribution in [2.75, 3.05) is 54.4 Å². The van der Waals surface area contributed by atoms with Crippen LogP contribution in [0.1, 0.15) is 258 Å². The molecular weight excluding hydrogens is 605 g/mol. The molecule has 50 heavy (non-hydrogen) atoms. The molecule has 2 heteroatoms. The lowest BCUT2D eigenvalue weighted by Gasteiger charge is -2.36. The quantitative estimate of drug-likeness (QED) is 0.0437. The second-order valence-corrected chi connectivity index (χ2v) is 18.5. The van der Waals surface area contributed by atoms with E-state index in [1.165, 1.54) is 279 Å². The molecule has 0 amide bonds. The minimum atomic E-state index is 1.21. The van der Waals surface area contributed by atoms with Crippen LogP contribution in [0, 0.1) is 0 Å². The van der Waals surface area contributed by atoms with Crippen molar-refractivity contribution >= 4 is 0 Å². The van der Waals surface area contributed by atoms with E-state index in [1.807, 2.05) is 0 Å². The molecule has 0 saturated carbocycles. The predicted molar refractivity (Wildman–Crippen MR) is 230 cm³/mol. The summed E-state index contributed by atoms with van der Waals surface area (Å²) >= 11 is 0. The Morgan fingerprint density at radius 2 is 0.320 bits per heavy atom. The average molecular weight is 707 g/mol. The maximum absolute atomic E-state index is 2.48. The van der Waals surface area contributed by atoms with Crippen molar-refractivity contribution in [3.05, 3.63) is 0 Å². The Bertz CT molecular complexity index is 572. The van der Waals surface area contributed by atoms with E-state index in [0.29, 0.717) is 0 Å². The molecule has 0 atom stereocenters. The first-order chi connectivity index (χ1) is 24.3. The van der Waals surface area contributed by atoms with Gasteiger partial charge in [-0.05, 0) is 25.7 Å². The molecule has 0 radical (unpaired) electrons. The summed E-state index contributed by atoms with van der Waals surface area (Å²) in [5.74, 6) is 0. The predicted octanol–water partition coefficient (Wildman–Crippen LogP) is 16.0. The maximum Gasteiger partial charge on any atom is 0.128 e. The van der Waals surface area contributed by atoms with E-state index >= 15 is 0 Å². The normalized spacial score (nSPS) is 12.4. The molecule has 0 rings (SSSR count). The van der Waals surface area contributed by atoms with Gasteiger partial charge < -0.3 is 8.97 Å². The molecule has 0 aliphatic rings. The van der Waals surface area contributed by atoms with Crippen LogP contribution in [0.4, 0.5) is 0 Å². The van der Waals surface area contributed by atoms with Crippen molar-refractivity contribution in [2.45, 2.75) is 258 Å². The zero-order chi connectivity index (χ0) is 36.7. The topological polar surface area (TPSA) is 0 Å². The molecule has 0 saturated heterocycles. The summed E-state index contributed by atoms with van der Waals surface area (Å²) in [5, 5.41) is 0. The molecule has 0 spiro atoms. The standard InChI is InChI=1S/C48H102N2/c1-7-9-11-13-15-17-19-21-23-25-27-29-31-33-35-37-39-41-43-45-49(3,4)47-48-50(5,6)46-44-42-40-38-36-34-32-30-28-26-24-22-20-18-16-14-12-10-8-2/h7-48H2,1-6H3/q+2. The summed E-state index contributed by atoms with van der Waals surface area (Å²) in [6.07, 6.45) is 55.7. The minimum absolute atomic E-state index is 1.21. The second kappa shape index (κ2) is 38.6. The SMILES string of the molecule is CCCCCCCCCCCCCCCCCCCCC[N+](C)(C)CC[N+](C)(C)CCCCCCCCCCCCCCCCCCCCC. The van der Waals surface area contributed by atoms with Gasteiger partial charge in [0.1, 0.15) is 13.1 Å². The van der Waals surface area contributed by atoms with Gasteiger partial charge in [0.2, 0.25) is 0 Å². The number of quaternary nitrogens is 2. The third kappa shape index (κ3) is 40.7. The Labute approximate surface area is 320 Å². The van der Waals surface area contributed by atoms with Crippen molar-refractivity contribution in [1.82, 2.24) is 0 Å². The van der Waals surface area contributed by atoms with Crippen LogP contribution in [-0.2, 0) is 0 Å². The summed E-state index contributed by atoms with van der Waals surface area (Å²) < 4.78 is 2.42. The molecular formula is C48H102N2+2. The Kier molecular flexibility index (Phi) is 38.6. The van der Waals surface area contributed by atoms with E-state index in [2.05, 4.69) is 42.0 Å². The summed E-state index contributed by atoms with van der Waals surface area (Å²) in [6.45, 7) is 9.99. The van der Waals surface area contributed by atoms with E-state index in [1.54, 1.807) is 0 Å². The Morgan fingerprint density at radius 3 is 0.480 bits per heavy atom. The van der Waals surface area contributed by atoms with Crippen LogP contribution in [-0.4, -0.2) is 63.3 Å². The minimum Gasteiger partial charge on any atom is -0.324 e. The number of nitrogens with zero attached hydrogens (tertiary/aromatic N) is 2. The largest absolute Gasteiger partial charge is 0.324 e. The van der Waals surface area contributed by atoms with Crippen LogP contribution in [0.15, 0.2) is 0 Å². The second-order valence-electron chi connectivity index (χ2n) is 18.5. The fraction of sp³-hybridized carbons (Fsp3) is 1.00. The summed E-state index contributed by atoms with van der Waals surface area (Å²) in [5.41, 5.74) is 0. The van der Waals surface area contributed by atoms with E-state index < -0.39 is 0 Å². The molecule has 0 aliphatic heterocycles. The smallest absolute Gasteiger partial charge is 0.128 e. The van der Waals surface area contributed by atoms with E-state index in [4.69, 9.17) is 0 Å². The van der Waals surface area contributed by atoms with Crippen molar-refractivity contribution in [1.29, 1.82) is 0 Å². The highest BCUT2D eigenvalue weighted by Gasteiger charge is 2.22. The zero-order valence-electron chi connectivity index (χ0n) is 36.6. The third-order valence-electron chi connectivity index (χ3n) is 12.0. The molecule has 0 aromatic heterocycles. The Hall–Kier alpha value is -0.0800. The number of rotatable bonds is 43. The number of hydrogen-bond acceptors (Lipinski definition) is 0. The van der Waals surface area contributed by atoms with Gasteiger partial charge in [-0.15, -0.1) is 0 Å². The van der Waals surface area contributed by atoms with Crippen molar-refractivity contribution < 1.29 is 8.97 Å². The van der Waals surface area contributed by atoms with E-state index in [0.717, 1.165) is 0 Å². The molecule has 0 bridgehead atoms. The first-order valence-electron chi connectivity index (χ1n) is 24.0. The van der Waals surface area contributed by atoms with Gasteiger partial charge in [-0.1, -0.05) is 232 Å². The van der Waals surface area contributed by atoms with Gasteiger partial charge in [0.05, 0.1) is 41.3 Å². The molecule has 0 fully saturated rings. The van der Waals surface area contributed by atoms with Crippen LogP contribution in [0.2, 0.25) is 0 Å². The van der Waals surface area contributed by atoms with Gasteiger partial charge in [0, 0.05) is 0 Å². The van der Waals surface area contributed by atoms with E-state index in [9.17, 15) is 0 Å². The zero-order valence-corrected chi connectivity index (χ0v) is 36.6. The van der Waals surface area contributed by atoms with Crippen LogP contribution in [0.3, 0.4) is 0 Å². The van der Waals surface area contributed by atoms with Crippen LogP contribution < -0.4 is 0 Å². The van der Waals surface area contributed by atoms with Crippen LogP contribution in [0.25, 0.3) is 0 Å². The third-order valence-corrected chi connectivity index (χ3v) is 12.0. The van der Waals surface area contributed by atoms with Crippen molar-refractivity contribution in [3.63, 3.8) is 0 Å². The highest BCUT2D eigenvalue weighted by atomic mass is 15.4. The van der Waals surface area contributed by atoms with Gasteiger partial charge in [0.25, 0.3) is 0 Å². The average Bonchev–Trinajstić information content (AvgIpc) is 3.09. The summed E-state index contributed by atoms with van der Waals surface area (Å²) in [4.78, 5) is 0. The van der Waals surface area contributed by atoms with E-state index in [-0.39, 0.29) is 0 Å². The lowest BCUT2D eigenvalue weighted by molar-refractivity contribution is -0.946. The van der Waals surface area contributed by atoms with Crippen LogP contribution in [0.5, 0.6) is 0 Å². The fourth-order valence-electron chi connectivity index (χ4n) is 8.00. The van der Waals surface area contributed by atoms with Crippen molar-refractivity contribution in [3.8, 4) is 0 Å². The molecule has 2 nitrogen and oxygen atoms in total. The van der Waals surface area contributed by atoms with Gasteiger partial charge in [-0.2, -0.15) is 0 Å². The van der Waals surface area contributed by atoms with Gasteiger partial charge in [0.15, 0.2) is 0 Å². The number of hydrogen-bond donors (Lipinski definition) is 0. The molecule has 0 aromatic carbocycles. The summed E-state index contributed by atoms with van der Waals surface area (Å²) in [7, 11) is 9.91. The van der Waals surface area contributed by atoms with Crippen LogP contribution >= 0.6 is 0 Å². The van der Waals surface area contributed by atoms with Gasteiger partial charge in [-0.25, -0.2) is 0 Å². The molecule has 0 aliphatic carbocycles. The highest BCUT2D eigenvalue weighted by molar-refractivity contribution is 4.53. The highest BCUT2D eigenvalue weighted by Crippen LogP contribution is 2.17. The maximum atomic E-state index is 2.48. The first-order valence-corrected chi connectivity index (χ1v) is 24.0. The Morgan fingerprint density at radius 1 is 0.180 bits per heavy atom. The number of unbranched alkanes of at least 4 members (excludes halogenated alkanes) is 36. The van der Waals surface area contributed by atoms with Gasteiger partial charge >= 0.3 is 0 Å². The molecule has 302 valence electrons. The molecule has 0 aromatic rings. The van der Waals surface area contributed by atoms with Gasteiger partial charge in [-0.3, -0.25) is 0 Å². The number of likely N-dealkylation sites (N-methyl/N-ethyl adjacent to an activating group) is 2. The van der Waals surface area contributed by atoms with Crippen molar-refractivity contribution in [2.24, 2.45) is 0 Å². The lowest BCUT2D eigenvalue weighted by atomic mass is 10.0. The molecule has 0 heterocycles. The molecule has 0 unspecified atom stereocenters. The first kappa shape index (κ1) is 49.9.